The molecule has 1 atom stereocenters. The van der Waals surface area contributed by atoms with Crippen molar-refractivity contribution in [3.8, 4) is 0 Å². The molecule has 0 radical (unpaired) electrons. The number of hydrogen-bond donors (Lipinski definition) is 1. The van der Waals surface area contributed by atoms with Gasteiger partial charge in [0.05, 0.1) is 13.1 Å². The molecule has 2 aromatic rings. The summed E-state index contributed by atoms with van der Waals surface area (Å²) in [6.07, 6.45) is -10.3. The number of fused-ring (bicyclic) bond motifs is 1. The highest BCUT2D eigenvalue weighted by Crippen LogP contribution is 2.28. The molecule has 0 bridgehead atoms. The van der Waals surface area contributed by atoms with E-state index < -0.39 is 41.5 Å². The van der Waals surface area contributed by atoms with Gasteiger partial charge < -0.3 is 9.72 Å². The Bertz CT molecular complexity index is 996. The summed E-state index contributed by atoms with van der Waals surface area (Å²) in [6, 6.07) is 0.672. The average Bonchev–Trinajstić information content (AvgIpc) is 3.06. The van der Waals surface area contributed by atoms with E-state index in [-0.39, 0.29) is 37.4 Å². The van der Waals surface area contributed by atoms with Gasteiger partial charge in [-0.05, 0) is 18.6 Å². The molecule has 2 aromatic heterocycles. The van der Waals surface area contributed by atoms with Crippen LogP contribution in [-0.4, -0.2) is 43.4 Å². The minimum atomic E-state index is -4.83. The largest absolute Gasteiger partial charge is 0.453 e. The van der Waals surface area contributed by atoms with Gasteiger partial charge in [0, 0.05) is 19.2 Å². The monoisotopic (exact) mass is 439 g/mol. The van der Waals surface area contributed by atoms with Crippen molar-refractivity contribution in [2.75, 3.05) is 6.54 Å². The van der Waals surface area contributed by atoms with Gasteiger partial charge in [0.15, 0.2) is 0 Å². The lowest BCUT2D eigenvalue weighted by Crippen LogP contribution is -2.40. The van der Waals surface area contributed by atoms with Crippen LogP contribution < -0.4 is 5.56 Å². The van der Waals surface area contributed by atoms with Crippen molar-refractivity contribution in [1.82, 2.24) is 24.6 Å². The van der Waals surface area contributed by atoms with Crippen molar-refractivity contribution >= 4 is 6.09 Å². The molecule has 164 valence electrons. The number of alkyl halides is 6. The SMILES string of the molecule is CC(Cc1c[nH]c(=O)c(C(F)(F)F)c1)OC(=O)N1CCn2nc(C(F)(F)F)nc2C1. The van der Waals surface area contributed by atoms with Gasteiger partial charge in [-0.2, -0.15) is 26.3 Å². The molecule has 1 aliphatic rings. The zero-order chi connectivity index (χ0) is 22.3. The van der Waals surface area contributed by atoms with E-state index in [1.54, 1.807) is 0 Å². The first kappa shape index (κ1) is 21.6. The van der Waals surface area contributed by atoms with Gasteiger partial charge in [0.25, 0.3) is 11.4 Å². The number of carbonyl (C=O) groups is 1. The molecule has 30 heavy (non-hydrogen) atoms. The van der Waals surface area contributed by atoms with Gasteiger partial charge >= 0.3 is 18.4 Å². The lowest BCUT2D eigenvalue weighted by Gasteiger charge is -2.27. The maximum absolute atomic E-state index is 12.8. The van der Waals surface area contributed by atoms with E-state index in [9.17, 15) is 35.9 Å². The number of nitrogens with one attached hydrogen (secondary N) is 1. The lowest BCUT2D eigenvalue weighted by atomic mass is 10.1. The third-order valence-corrected chi connectivity index (χ3v) is 4.27. The van der Waals surface area contributed by atoms with Crippen LogP contribution in [0, 0.1) is 0 Å². The molecule has 14 heteroatoms. The van der Waals surface area contributed by atoms with E-state index in [4.69, 9.17) is 4.74 Å². The zero-order valence-corrected chi connectivity index (χ0v) is 15.3. The van der Waals surface area contributed by atoms with Crippen molar-refractivity contribution in [3.63, 3.8) is 0 Å². The number of rotatable bonds is 3. The highest BCUT2D eigenvalue weighted by atomic mass is 19.4. The number of amides is 1. The molecule has 0 fully saturated rings. The quantitative estimate of drug-likeness (QED) is 0.743. The summed E-state index contributed by atoms with van der Waals surface area (Å²) in [4.78, 5) is 30.1. The highest BCUT2D eigenvalue weighted by Gasteiger charge is 2.38. The van der Waals surface area contributed by atoms with Crippen LogP contribution in [0.15, 0.2) is 17.1 Å². The zero-order valence-electron chi connectivity index (χ0n) is 15.3. The molecule has 0 saturated heterocycles. The number of carbonyl (C=O) groups excluding carboxylic acids is 1. The molecule has 0 spiro atoms. The second-order valence-electron chi connectivity index (χ2n) is 6.64. The van der Waals surface area contributed by atoms with Gasteiger partial charge in [-0.15, -0.1) is 5.10 Å². The number of nitrogens with zero attached hydrogens (tertiary/aromatic N) is 4. The summed E-state index contributed by atoms with van der Waals surface area (Å²) < 4.78 is 82.8. The van der Waals surface area contributed by atoms with Crippen molar-refractivity contribution in [2.24, 2.45) is 0 Å². The summed E-state index contributed by atoms with van der Waals surface area (Å²) in [5.74, 6) is -1.37. The van der Waals surface area contributed by atoms with Gasteiger partial charge in [-0.3, -0.25) is 9.69 Å². The van der Waals surface area contributed by atoms with Crippen LogP contribution in [0.4, 0.5) is 31.1 Å². The second kappa shape index (κ2) is 7.65. The molecule has 0 aliphatic carbocycles. The maximum Gasteiger partial charge on any atom is 0.453 e. The van der Waals surface area contributed by atoms with Crippen LogP contribution in [0.2, 0.25) is 0 Å². The molecule has 0 aromatic carbocycles. The fourth-order valence-electron chi connectivity index (χ4n) is 2.89. The molecule has 3 rings (SSSR count). The van der Waals surface area contributed by atoms with Gasteiger partial charge in [0.1, 0.15) is 17.5 Å². The number of ether oxygens (including phenoxy) is 1. The van der Waals surface area contributed by atoms with E-state index in [2.05, 4.69) is 10.1 Å². The summed E-state index contributed by atoms with van der Waals surface area (Å²) in [5.41, 5.74) is -2.56. The molecule has 3 heterocycles. The van der Waals surface area contributed by atoms with E-state index in [1.807, 2.05) is 4.98 Å². The van der Waals surface area contributed by atoms with E-state index in [0.29, 0.717) is 6.07 Å². The Labute approximate surface area is 164 Å². The van der Waals surface area contributed by atoms with E-state index >= 15 is 0 Å². The average molecular weight is 439 g/mol. The second-order valence-corrected chi connectivity index (χ2v) is 6.64. The van der Waals surface area contributed by atoms with Crippen LogP contribution in [0.5, 0.6) is 0 Å². The van der Waals surface area contributed by atoms with E-state index in [1.165, 1.54) is 6.92 Å². The van der Waals surface area contributed by atoms with Gasteiger partial charge in [-0.25, -0.2) is 14.5 Å². The predicted octanol–water partition coefficient (Wildman–Crippen LogP) is 2.59. The standard InChI is InChI=1S/C16H15F6N5O3/c1-8(4-9-5-10(15(17,18)19)12(28)23-6-9)30-14(29)26-2-3-27-11(7-26)24-13(25-27)16(20,21)22/h5-6,8H,2-4,7H2,1H3,(H,23,28). The number of halogens is 6. The Kier molecular flexibility index (Phi) is 5.52. The first-order valence-corrected chi connectivity index (χ1v) is 8.60. The van der Waals surface area contributed by atoms with Crippen molar-refractivity contribution in [1.29, 1.82) is 0 Å². The Morgan fingerprint density at radius 3 is 2.57 bits per heavy atom. The minimum Gasteiger partial charge on any atom is -0.446 e. The third-order valence-electron chi connectivity index (χ3n) is 4.27. The predicted molar refractivity (Wildman–Crippen MR) is 87.1 cm³/mol. The third kappa shape index (κ3) is 4.74. The fraction of sp³-hybridized carbons (Fsp3) is 0.500. The first-order chi connectivity index (χ1) is 13.8. The molecular formula is C16H15F6N5O3. The Morgan fingerprint density at radius 2 is 1.93 bits per heavy atom. The van der Waals surface area contributed by atoms with Gasteiger partial charge in [0.2, 0.25) is 0 Å². The highest BCUT2D eigenvalue weighted by molar-refractivity contribution is 5.67. The normalized spacial score (nSPS) is 15.6. The summed E-state index contributed by atoms with van der Waals surface area (Å²) >= 11 is 0. The number of aromatic nitrogens is 4. The van der Waals surface area contributed by atoms with Crippen LogP contribution >= 0.6 is 0 Å². The summed E-state index contributed by atoms with van der Waals surface area (Å²) in [6.45, 7) is 1.18. The number of aromatic amines is 1. The van der Waals surface area contributed by atoms with Crippen molar-refractivity contribution in [3.05, 3.63) is 45.4 Å². The Morgan fingerprint density at radius 1 is 1.23 bits per heavy atom. The smallest absolute Gasteiger partial charge is 0.446 e. The molecule has 1 amide bonds. The first-order valence-electron chi connectivity index (χ1n) is 8.60. The minimum absolute atomic E-state index is 0.0171. The Balaban J connectivity index is 1.63. The maximum atomic E-state index is 12.8. The van der Waals surface area contributed by atoms with Crippen molar-refractivity contribution < 1.29 is 35.9 Å². The van der Waals surface area contributed by atoms with Gasteiger partial charge in [-0.1, -0.05) is 0 Å². The molecule has 8 nitrogen and oxygen atoms in total. The molecular weight excluding hydrogens is 424 g/mol. The Hall–Kier alpha value is -3.06. The van der Waals surface area contributed by atoms with Crippen LogP contribution in [-0.2, 0) is 36.6 Å². The van der Waals surface area contributed by atoms with Crippen LogP contribution in [0.25, 0.3) is 0 Å². The lowest BCUT2D eigenvalue weighted by molar-refractivity contribution is -0.145. The topological polar surface area (TPSA) is 93.1 Å². The fourth-order valence-corrected chi connectivity index (χ4v) is 2.89. The van der Waals surface area contributed by atoms with Crippen LogP contribution in [0.1, 0.15) is 29.7 Å². The van der Waals surface area contributed by atoms with Crippen LogP contribution in [0.3, 0.4) is 0 Å². The number of hydrogen-bond acceptors (Lipinski definition) is 5. The summed E-state index contributed by atoms with van der Waals surface area (Å²) in [7, 11) is 0. The van der Waals surface area contributed by atoms with Crippen molar-refractivity contribution in [2.45, 2.75) is 44.9 Å². The molecule has 1 unspecified atom stereocenters. The molecule has 1 N–H and O–H groups in total. The molecule has 1 aliphatic heterocycles. The molecule has 0 saturated carbocycles. The number of pyridine rings is 1. The summed E-state index contributed by atoms with van der Waals surface area (Å²) in [5, 5.41) is 3.35. The van der Waals surface area contributed by atoms with E-state index in [0.717, 1.165) is 15.8 Å². The number of H-pyrrole nitrogens is 1.